The van der Waals surface area contributed by atoms with Crippen LogP contribution in [0.3, 0.4) is 0 Å². The highest BCUT2D eigenvalue weighted by atomic mass is 16.5. The van der Waals surface area contributed by atoms with Crippen molar-refractivity contribution in [1.29, 1.82) is 0 Å². The zero-order chi connectivity index (χ0) is 19.3. The van der Waals surface area contributed by atoms with Gasteiger partial charge in [0.05, 0.1) is 7.11 Å². The van der Waals surface area contributed by atoms with E-state index in [0.29, 0.717) is 31.1 Å². The monoisotopic (exact) mass is 377 g/mol. The molecule has 2 heterocycles. The smallest absolute Gasteiger partial charge is 0.220 e. The number of rotatable bonds is 7. The molecule has 1 aromatic heterocycles. The summed E-state index contributed by atoms with van der Waals surface area (Å²) in [5.41, 5.74) is 2.03. The van der Waals surface area contributed by atoms with E-state index in [1.165, 1.54) is 0 Å². The van der Waals surface area contributed by atoms with Gasteiger partial charge in [-0.2, -0.15) is 0 Å². The van der Waals surface area contributed by atoms with Gasteiger partial charge in [0.2, 0.25) is 5.91 Å². The molecule has 4 rings (SSSR count). The van der Waals surface area contributed by atoms with Crippen molar-refractivity contribution < 1.29 is 14.3 Å². The maximum atomic E-state index is 11.5. The van der Waals surface area contributed by atoms with Gasteiger partial charge in [0.1, 0.15) is 12.4 Å². The van der Waals surface area contributed by atoms with Crippen molar-refractivity contribution >= 4 is 5.91 Å². The summed E-state index contributed by atoms with van der Waals surface area (Å²) in [6.45, 7) is 1.16. The van der Waals surface area contributed by atoms with E-state index in [-0.39, 0.29) is 11.9 Å². The second kappa shape index (κ2) is 8.17. The Bertz CT molecular complexity index is 953. The molecule has 1 saturated heterocycles. The van der Waals surface area contributed by atoms with Crippen LogP contribution in [0, 0.1) is 0 Å². The predicted octanol–water partition coefficient (Wildman–Crippen LogP) is 3.42. The number of ether oxygens (including phenoxy) is 2. The van der Waals surface area contributed by atoms with Gasteiger partial charge in [0.25, 0.3) is 0 Å². The average molecular weight is 377 g/mol. The maximum Gasteiger partial charge on any atom is 0.220 e. The number of amides is 1. The second-order valence-corrected chi connectivity index (χ2v) is 6.85. The van der Waals surface area contributed by atoms with Gasteiger partial charge in [-0.25, -0.2) is 4.98 Å². The Balaban J connectivity index is 1.55. The summed E-state index contributed by atoms with van der Waals surface area (Å²) in [6, 6.07) is 16.0. The van der Waals surface area contributed by atoms with Gasteiger partial charge in [-0.3, -0.25) is 4.79 Å². The lowest BCUT2D eigenvalue weighted by atomic mass is 10.1. The highest BCUT2D eigenvalue weighted by Gasteiger charge is 2.22. The molecule has 144 valence electrons. The number of hydrogen-bond donors (Lipinski definition) is 1. The summed E-state index contributed by atoms with van der Waals surface area (Å²) in [4.78, 5) is 16.0. The number of hydrogen-bond acceptors (Lipinski definition) is 4. The molecule has 1 N–H and O–H groups in total. The lowest BCUT2D eigenvalue weighted by Gasteiger charge is -2.15. The van der Waals surface area contributed by atoms with Crippen LogP contribution in [0.5, 0.6) is 11.5 Å². The summed E-state index contributed by atoms with van der Waals surface area (Å²) in [6.07, 6.45) is 5.16. The SMILES string of the molecule is COc1ccc(-c2nccn2CC2CCC(=O)N2)cc1OCc1ccccc1. The van der Waals surface area contributed by atoms with Crippen LogP contribution in [0.4, 0.5) is 0 Å². The molecule has 0 spiro atoms. The first kappa shape index (κ1) is 18.1. The van der Waals surface area contributed by atoms with E-state index < -0.39 is 0 Å². The molecule has 1 fully saturated rings. The quantitative estimate of drug-likeness (QED) is 0.685. The number of aromatic nitrogens is 2. The first-order valence-electron chi connectivity index (χ1n) is 9.38. The van der Waals surface area contributed by atoms with Gasteiger partial charge in [-0.05, 0) is 30.2 Å². The molecule has 0 bridgehead atoms. The highest BCUT2D eigenvalue weighted by molar-refractivity contribution is 5.78. The minimum atomic E-state index is 0.118. The Morgan fingerprint density at radius 2 is 2.04 bits per heavy atom. The summed E-state index contributed by atoms with van der Waals surface area (Å²) in [5, 5.41) is 3.01. The van der Waals surface area contributed by atoms with E-state index >= 15 is 0 Å². The van der Waals surface area contributed by atoms with Crippen molar-refractivity contribution in [3.05, 3.63) is 66.5 Å². The van der Waals surface area contributed by atoms with Crippen LogP contribution < -0.4 is 14.8 Å². The third kappa shape index (κ3) is 4.01. The van der Waals surface area contributed by atoms with E-state index in [1.54, 1.807) is 13.3 Å². The fourth-order valence-electron chi connectivity index (χ4n) is 3.43. The number of nitrogens with one attached hydrogen (secondary N) is 1. The molecule has 1 aliphatic rings. The zero-order valence-corrected chi connectivity index (χ0v) is 15.8. The standard InChI is InChI=1S/C22H23N3O3/c1-27-19-9-7-17(13-20(19)28-15-16-5-3-2-4-6-16)22-23-11-12-25(22)14-18-8-10-21(26)24-18/h2-7,9,11-13,18H,8,10,14-15H2,1H3,(H,24,26). The van der Waals surface area contributed by atoms with Crippen molar-refractivity contribution in [2.24, 2.45) is 0 Å². The van der Waals surface area contributed by atoms with Crippen LogP contribution in [-0.4, -0.2) is 28.6 Å². The molecule has 6 heteroatoms. The Labute approximate surface area is 164 Å². The average Bonchev–Trinajstić information content (AvgIpc) is 3.36. The number of benzene rings is 2. The van der Waals surface area contributed by atoms with Crippen LogP contribution in [-0.2, 0) is 17.9 Å². The second-order valence-electron chi connectivity index (χ2n) is 6.85. The molecule has 1 unspecified atom stereocenters. The Hall–Kier alpha value is -3.28. The summed E-state index contributed by atoms with van der Waals surface area (Å²) >= 11 is 0. The minimum absolute atomic E-state index is 0.118. The van der Waals surface area contributed by atoms with Gasteiger partial charge in [0.15, 0.2) is 11.5 Å². The molecule has 6 nitrogen and oxygen atoms in total. The van der Waals surface area contributed by atoms with E-state index in [0.717, 1.165) is 23.4 Å². The van der Waals surface area contributed by atoms with Gasteiger partial charge in [0, 0.05) is 37.0 Å². The van der Waals surface area contributed by atoms with Gasteiger partial charge >= 0.3 is 0 Å². The number of carbonyl (C=O) groups excluding carboxylic acids is 1. The minimum Gasteiger partial charge on any atom is -0.493 e. The third-order valence-electron chi connectivity index (χ3n) is 4.88. The lowest BCUT2D eigenvalue weighted by molar-refractivity contribution is -0.119. The highest BCUT2D eigenvalue weighted by Crippen LogP contribution is 2.33. The number of nitrogens with zero attached hydrogens (tertiary/aromatic N) is 2. The maximum absolute atomic E-state index is 11.5. The third-order valence-corrected chi connectivity index (χ3v) is 4.88. The van der Waals surface area contributed by atoms with Crippen LogP contribution in [0.15, 0.2) is 60.9 Å². The normalized spacial score (nSPS) is 16.0. The fourth-order valence-corrected chi connectivity index (χ4v) is 3.43. The number of methoxy groups -OCH3 is 1. The summed E-state index contributed by atoms with van der Waals surface area (Å²) in [7, 11) is 1.63. The zero-order valence-electron chi connectivity index (χ0n) is 15.8. The number of imidazole rings is 1. The Kier molecular flexibility index (Phi) is 5.28. The largest absolute Gasteiger partial charge is 0.493 e. The van der Waals surface area contributed by atoms with Crippen molar-refractivity contribution in [2.75, 3.05) is 7.11 Å². The Morgan fingerprint density at radius 3 is 2.79 bits per heavy atom. The van der Waals surface area contributed by atoms with Crippen molar-refractivity contribution in [3.8, 4) is 22.9 Å². The lowest BCUT2D eigenvalue weighted by Crippen LogP contribution is -2.29. The van der Waals surface area contributed by atoms with Crippen LogP contribution in [0.2, 0.25) is 0 Å². The molecular formula is C22H23N3O3. The molecule has 0 saturated carbocycles. The van der Waals surface area contributed by atoms with Gasteiger partial charge in [-0.15, -0.1) is 0 Å². The predicted molar refractivity (Wildman–Crippen MR) is 106 cm³/mol. The van der Waals surface area contributed by atoms with Gasteiger partial charge < -0.3 is 19.4 Å². The molecular weight excluding hydrogens is 354 g/mol. The van der Waals surface area contributed by atoms with Crippen molar-refractivity contribution in [1.82, 2.24) is 14.9 Å². The molecule has 1 atom stereocenters. The van der Waals surface area contributed by atoms with Gasteiger partial charge in [-0.1, -0.05) is 30.3 Å². The van der Waals surface area contributed by atoms with Crippen LogP contribution >= 0.6 is 0 Å². The molecule has 1 amide bonds. The first-order chi connectivity index (χ1) is 13.7. The topological polar surface area (TPSA) is 65.4 Å². The van der Waals surface area contributed by atoms with Crippen molar-refractivity contribution in [3.63, 3.8) is 0 Å². The summed E-state index contributed by atoms with van der Waals surface area (Å²) in [5.74, 6) is 2.31. The molecule has 2 aromatic carbocycles. The van der Waals surface area contributed by atoms with Crippen LogP contribution in [0.25, 0.3) is 11.4 Å². The molecule has 3 aromatic rings. The molecule has 28 heavy (non-hydrogen) atoms. The fraction of sp³-hybridized carbons (Fsp3) is 0.273. The van der Waals surface area contributed by atoms with Crippen LogP contribution in [0.1, 0.15) is 18.4 Å². The van der Waals surface area contributed by atoms with E-state index in [9.17, 15) is 4.79 Å². The van der Waals surface area contributed by atoms with E-state index in [1.807, 2.05) is 54.7 Å². The molecule has 0 radical (unpaired) electrons. The Morgan fingerprint density at radius 1 is 1.18 bits per heavy atom. The van der Waals surface area contributed by atoms with E-state index in [2.05, 4.69) is 14.9 Å². The molecule has 0 aliphatic carbocycles. The number of carbonyl (C=O) groups is 1. The molecule has 1 aliphatic heterocycles. The van der Waals surface area contributed by atoms with Crippen molar-refractivity contribution in [2.45, 2.75) is 32.0 Å². The van der Waals surface area contributed by atoms with E-state index in [4.69, 9.17) is 9.47 Å². The first-order valence-corrected chi connectivity index (χ1v) is 9.38. The summed E-state index contributed by atoms with van der Waals surface area (Å²) < 4.78 is 13.5.